The summed E-state index contributed by atoms with van der Waals surface area (Å²) in [4.78, 5) is 21.8. The number of amides is 2. The minimum atomic E-state index is -0.923. The standard InChI is InChI=1S/C14H19FN2O5/c1-21-7-8-22-12-5-4-10(9-11(12)15)17-14(20)16-6-2-3-13(18)19/h4-5,9H,2-3,6-8H2,1H3,(H,18,19)(H2,16,17,20). The highest BCUT2D eigenvalue weighted by atomic mass is 19.1. The zero-order valence-electron chi connectivity index (χ0n) is 12.2. The van der Waals surface area contributed by atoms with Crippen LogP contribution in [0.25, 0.3) is 0 Å². The van der Waals surface area contributed by atoms with Gasteiger partial charge in [-0.05, 0) is 18.6 Å². The number of carbonyl (C=O) groups is 2. The molecule has 0 aromatic heterocycles. The van der Waals surface area contributed by atoms with E-state index in [2.05, 4.69) is 10.6 Å². The maximum absolute atomic E-state index is 13.7. The van der Waals surface area contributed by atoms with E-state index in [1.165, 1.54) is 19.2 Å². The van der Waals surface area contributed by atoms with E-state index >= 15 is 0 Å². The Morgan fingerprint density at radius 2 is 2.09 bits per heavy atom. The molecule has 0 atom stereocenters. The van der Waals surface area contributed by atoms with Crippen molar-refractivity contribution in [1.29, 1.82) is 0 Å². The Hall–Kier alpha value is -2.35. The predicted octanol–water partition coefficient (Wildman–Crippen LogP) is 1.84. The lowest BCUT2D eigenvalue weighted by Crippen LogP contribution is -2.29. The van der Waals surface area contributed by atoms with Gasteiger partial charge in [-0.15, -0.1) is 0 Å². The van der Waals surface area contributed by atoms with Gasteiger partial charge in [-0.2, -0.15) is 0 Å². The molecule has 0 heterocycles. The average molecular weight is 314 g/mol. The van der Waals surface area contributed by atoms with Crippen molar-refractivity contribution in [2.24, 2.45) is 0 Å². The van der Waals surface area contributed by atoms with Gasteiger partial charge < -0.3 is 25.2 Å². The van der Waals surface area contributed by atoms with Crippen molar-refractivity contribution in [3.05, 3.63) is 24.0 Å². The van der Waals surface area contributed by atoms with Gasteiger partial charge >= 0.3 is 12.0 Å². The molecule has 0 spiro atoms. The average Bonchev–Trinajstić information content (AvgIpc) is 2.46. The van der Waals surface area contributed by atoms with E-state index in [4.69, 9.17) is 14.6 Å². The molecule has 0 fully saturated rings. The number of carboxylic acids is 1. The largest absolute Gasteiger partial charge is 0.488 e. The Bertz CT molecular complexity index is 510. The maximum Gasteiger partial charge on any atom is 0.319 e. The number of carbonyl (C=O) groups excluding carboxylic acids is 1. The van der Waals surface area contributed by atoms with E-state index in [-0.39, 0.29) is 31.0 Å². The van der Waals surface area contributed by atoms with Crippen LogP contribution in [0.15, 0.2) is 18.2 Å². The number of methoxy groups -OCH3 is 1. The highest BCUT2D eigenvalue weighted by Gasteiger charge is 2.07. The number of rotatable bonds is 9. The van der Waals surface area contributed by atoms with Gasteiger partial charge in [0.15, 0.2) is 11.6 Å². The summed E-state index contributed by atoms with van der Waals surface area (Å²) in [7, 11) is 1.52. The van der Waals surface area contributed by atoms with E-state index < -0.39 is 17.8 Å². The number of urea groups is 1. The first kappa shape index (κ1) is 17.7. The van der Waals surface area contributed by atoms with Crippen LogP contribution in [0.2, 0.25) is 0 Å². The number of nitrogens with one attached hydrogen (secondary N) is 2. The molecule has 0 bridgehead atoms. The van der Waals surface area contributed by atoms with Crippen molar-refractivity contribution >= 4 is 17.7 Å². The van der Waals surface area contributed by atoms with Crippen LogP contribution in [0.4, 0.5) is 14.9 Å². The second-order valence-corrected chi connectivity index (χ2v) is 4.36. The molecule has 8 heteroatoms. The minimum absolute atomic E-state index is 0.0254. The highest BCUT2D eigenvalue weighted by Crippen LogP contribution is 2.21. The summed E-state index contributed by atoms with van der Waals surface area (Å²) in [5, 5.41) is 13.4. The molecule has 7 nitrogen and oxygen atoms in total. The summed E-state index contributed by atoms with van der Waals surface area (Å²) in [6, 6.07) is 3.52. The normalized spacial score (nSPS) is 10.1. The molecule has 2 amide bonds. The van der Waals surface area contributed by atoms with E-state index in [0.717, 1.165) is 6.07 Å². The fraction of sp³-hybridized carbons (Fsp3) is 0.429. The lowest BCUT2D eigenvalue weighted by Gasteiger charge is -2.10. The number of anilines is 1. The van der Waals surface area contributed by atoms with Crippen molar-refractivity contribution in [1.82, 2.24) is 5.32 Å². The van der Waals surface area contributed by atoms with Gasteiger partial charge in [-0.1, -0.05) is 0 Å². The topological polar surface area (TPSA) is 96.9 Å². The molecule has 0 aliphatic rings. The number of carboxylic acid groups (broad SMARTS) is 1. The molecule has 0 saturated heterocycles. The first-order chi connectivity index (χ1) is 10.5. The maximum atomic E-state index is 13.7. The zero-order valence-corrected chi connectivity index (χ0v) is 12.2. The van der Waals surface area contributed by atoms with E-state index in [0.29, 0.717) is 13.0 Å². The smallest absolute Gasteiger partial charge is 0.319 e. The summed E-state index contributed by atoms with van der Waals surface area (Å²) >= 11 is 0. The molecular weight excluding hydrogens is 295 g/mol. The summed E-state index contributed by atoms with van der Waals surface area (Å²) in [6.07, 6.45) is 0.297. The Labute approximate surface area is 127 Å². The lowest BCUT2D eigenvalue weighted by atomic mass is 10.3. The summed E-state index contributed by atoms with van der Waals surface area (Å²) < 4.78 is 23.7. The molecule has 0 aliphatic carbocycles. The van der Waals surface area contributed by atoms with Crippen LogP contribution < -0.4 is 15.4 Å². The molecule has 1 aromatic carbocycles. The van der Waals surface area contributed by atoms with Gasteiger partial charge in [0.05, 0.1) is 6.61 Å². The SMILES string of the molecule is COCCOc1ccc(NC(=O)NCCCC(=O)O)cc1F. The van der Waals surface area contributed by atoms with Gasteiger partial charge in [0.25, 0.3) is 0 Å². The van der Waals surface area contributed by atoms with Crippen molar-refractivity contribution in [2.45, 2.75) is 12.8 Å². The minimum Gasteiger partial charge on any atom is -0.488 e. The van der Waals surface area contributed by atoms with Crippen LogP contribution in [0, 0.1) is 5.82 Å². The van der Waals surface area contributed by atoms with Gasteiger partial charge in [0, 0.05) is 31.8 Å². The molecule has 1 aromatic rings. The molecule has 0 unspecified atom stereocenters. The number of aliphatic carboxylic acids is 1. The first-order valence-corrected chi connectivity index (χ1v) is 6.71. The molecule has 3 N–H and O–H groups in total. The van der Waals surface area contributed by atoms with E-state index in [1.807, 2.05) is 0 Å². The molecular formula is C14H19FN2O5. The summed E-state index contributed by atoms with van der Waals surface area (Å²) in [6.45, 7) is 0.793. The predicted molar refractivity (Wildman–Crippen MR) is 77.7 cm³/mol. The number of ether oxygens (including phenoxy) is 2. The van der Waals surface area contributed by atoms with Crippen molar-refractivity contribution in [3.8, 4) is 5.75 Å². The third-order valence-corrected chi connectivity index (χ3v) is 2.59. The third-order valence-electron chi connectivity index (χ3n) is 2.59. The summed E-state index contributed by atoms with van der Waals surface area (Å²) in [5.74, 6) is -1.45. The molecule has 1 rings (SSSR count). The molecule has 0 saturated carbocycles. The van der Waals surface area contributed by atoms with Crippen molar-refractivity contribution in [2.75, 3.05) is 32.2 Å². The fourth-order valence-electron chi connectivity index (χ4n) is 1.55. The quantitative estimate of drug-likeness (QED) is 0.604. The van der Waals surface area contributed by atoms with Gasteiger partial charge in [-0.3, -0.25) is 4.79 Å². The first-order valence-electron chi connectivity index (χ1n) is 6.71. The second-order valence-electron chi connectivity index (χ2n) is 4.36. The number of hydrogen-bond acceptors (Lipinski definition) is 4. The van der Waals surface area contributed by atoms with Crippen LogP contribution in [0.3, 0.4) is 0 Å². The number of benzene rings is 1. The summed E-state index contributed by atoms with van der Waals surface area (Å²) in [5.41, 5.74) is 0.271. The number of hydrogen-bond donors (Lipinski definition) is 3. The Morgan fingerprint density at radius 3 is 2.73 bits per heavy atom. The van der Waals surface area contributed by atoms with Crippen LogP contribution in [0.5, 0.6) is 5.75 Å². The van der Waals surface area contributed by atoms with Crippen LogP contribution >= 0.6 is 0 Å². The molecule has 22 heavy (non-hydrogen) atoms. The van der Waals surface area contributed by atoms with Gasteiger partial charge in [0.1, 0.15) is 6.61 Å². The zero-order chi connectivity index (χ0) is 16.4. The van der Waals surface area contributed by atoms with Crippen molar-refractivity contribution < 1.29 is 28.6 Å². The van der Waals surface area contributed by atoms with Gasteiger partial charge in [0.2, 0.25) is 0 Å². The molecule has 0 radical (unpaired) electrons. The highest BCUT2D eigenvalue weighted by molar-refractivity contribution is 5.89. The van der Waals surface area contributed by atoms with Crippen LogP contribution in [-0.4, -0.2) is 44.0 Å². The lowest BCUT2D eigenvalue weighted by molar-refractivity contribution is -0.137. The Morgan fingerprint density at radius 1 is 1.32 bits per heavy atom. The van der Waals surface area contributed by atoms with E-state index in [1.54, 1.807) is 0 Å². The van der Waals surface area contributed by atoms with Crippen molar-refractivity contribution in [3.63, 3.8) is 0 Å². The molecule has 122 valence electrons. The Kier molecular flexibility index (Phi) is 7.69. The fourth-order valence-corrected chi connectivity index (χ4v) is 1.55. The monoisotopic (exact) mass is 314 g/mol. The number of halogens is 1. The third kappa shape index (κ3) is 6.89. The van der Waals surface area contributed by atoms with E-state index in [9.17, 15) is 14.0 Å². The molecule has 0 aliphatic heterocycles. The van der Waals surface area contributed by atoms with Crippen LogP contribution in [-0.2, 0) is 9.53 Å². The van der Waals surface area contributed by atoms with Crippen LogP contribution in [0.1, 0.15) is 12.8 Å². The Balaban J connectivity index is 2.40. The van der Waals surface area contributed by atoms with Gasteiger partial charge in [-0.25, -0.2) is 9.18 Å². The second kappa shape index (κ2) is 9.56.